The first-order valence-corrected chi connectivity index (χ1v) is 6.45. The van der Waals surface area contributed by atoms with E-state index in [1.54, 1.807) is 20.8 Å². The number of nitrogens with one attached hydrogen (secondary N) is 1. The van der Waals surface area contributed by atoms with Crippen molar-refractivity contribution < 1.29 is 24.4 Å². The normalized spacial score (nSPS) is 13.8. The minimum Gasteiger partial charge on any atom is -0.479 e. The fraction of sp³-hybridized carbons (Fsp3) is 0.429. The number of hydrogen-bond donors (Lipinski definition) is 2. The van der Waals surface area contributed by atoms with E-state index in [2.05, 4.69) is 5.32 Å². The molecule has 0 aliphatic rings. The van der Waals surface area contributed by atoms with Gasteiger partial charge in [0.05, 0.1) is 4.92 Å². The van der Waals surface area contributed by atoms with Gasteiger partial charge < -0.3 is 15.2 Å². The van der Waals surface area contributed by atoms with Crippen LogP contribution in [0.1, 0.15) is 33.3 Å². The number of aliphatic carboxylic acids is 1. The molecule has 8 heteroatoms. The molecule has 0 saturated carbocycles. The summed E-state index contributed by atoms with van der Waals surface area (Å²) in [6.07, 6.45) is -0.927. The number of ether oxygens (including phenoxy) is 1. The molecular weight excluding hydrogens is 292 g/mol. The first-order valence-electron chi connectivity index (χ1n) is 6.45. The van der Waals surface area contributed by atoms with Gasteiger partial charge in [0.25, 0.3) is 5.69 Å². The van der Waals surface area contributed by atoms with Gasteiger partial charge in [0.2, 0.25) is 0 Å². The second-order valence-electron chi connectivity index (χ2n) is 5.86. The van der Waals surface area contributed by atoms with Gasteiger partial charge >= 0.3 is 12.1 Å². The fourth-order valence-corrected chi connectivity index (χ4v) is 1.69. The molecule has 0 spiro atoms. The van der Waals surface area contributed by atoms with Crippen molar-refractivity contribution in [2.75, 3.05) is 0 Å². The van der Waals surface area contributed by atoms with Crippen molar-refractivity contribution in [1.29, 1.82) is 0 Å². The Morgan fingerprint density at radius 2 is 1.86 bits per heavy atom. The molecule has 1 aromatic carbocycles. The monoisotopic (exact) mass is 310 g/mol. The smallest absolute Gasteiger partial charge is 0.408 e. The predicted molar refractivity (Wildman–Crippen MR) is 77.5 cm³/mol. The molecule has 2 N–H and O–H groups in total. The van der Waals surface area contributed by atoms with Crippen LogP contribution in [0.2, 0.25) is 0 Å². The van der Waals surface area contributed by atoms with E-state index in [4.69, 9.17) is 4.74 Å². The number of amides is 1. The van der Waals surface area contributed by atoms with Crippen LogP contribution in [0.25, 0.3) is 0 Å². The van der Waals surface area contributed by atoms with Crippen LogP contribution >= 0.6 is 0 Å². The van der Waals surface area contributed by atoms with Gasteiger partial charge in [-0.1, -0.05) is 12.1 Å². The van der Waals surface area contributed by atoms with Crippen LogP contribution in [-0.4, -0.2) is 27.7 Å². The molecule has 1 rings (SSSR count). The average Bonchev–Trinajstić information content (AvgIpc) is 2.36. The predicted octanol–water partition coefficient (Wildman–Crippen LogP) is 2.42. The summed E-state index contributed by atoms with van der Waals surface area (Å²) in [5, 5.41) is 22.5. The second-order valence-corrected chi connectivity index (χ2v) is 5.86. The molecule has 22 heavy (non-hydrogen) atoms. The number of nitro groups is 1. The lowest BCUT2D eigenvalue weighted by molar-refractivity contribution is -0.385. The third kappa shape index (κ3) is 4.18. The van der Waals surface area contributed by atoms with E-state index < -0.39 is 28.1 Å². The third-order valence-corrected chi connectivity index (χ3v) is 2.81. The Kier molecular flexibility index (Phi) is 4.75. The summed E-state index contributed by atoms with van der Waals surface area (Å²) in [5.41, 5.74) is -2.85. The quantitative estimate of drug-likeness (QED) is 0.651. The van der Waals surface area contributed by atoms with E-state index in [0.29, 0.717) is 0 Å². The number of nitro benzene ring substituents is 1. The molecule has 0 unspecified atom stereocenters. The molecule has 0 aliphatic carbocycles. The minimum atomic E-state index is -1.85. The molecule has 1 atom stereocenters. The van der Waals surface area contributed by atoms with Gasteiger partial charge in [0.1, 0.15) is 5.60 Å². The highest BCUT2D eigenvalue weighted by Gasteiger charge is 2.39. The Hall–Kier alpha value is -2.64. The summed E-state index contributed by atoms with van der Waals surface area (Å²) in [5.74, 6) is -1.36. The Bertz CT molecular complexity index is 608. The van der Waals surface area contributed by atoms with Crippen molar-refractivity contribution in [2.45, 2.75) is 38.8 Å². The zero-order chi connectivity index (χ0) is 17.1. The lowest BCUT2D eigenvalue weighted by Crippen LogP contribution is -2.51. The van der Waals surface area contributed by atoms with Crippen LogP contribution < -0.4 is 5.32 Å². The highest BCUT2D eigenvalue weighted by Crippen LogP contribution is 2.25. The van der Waals surface area contributed by atoms with Crippen LogP contribution in [-0.2, 0) is 15.1 Å². The van der Waals surface area contributed by atoms with Crippen LogP contribution in [0, 0.1) is 10.1 Å². The highest BCUT2D eigenvalue weighted by molar-refractivity contribution is 5.85. The molecular formula is C14H18N2O6. The Labute approximate surface area is 127 Å². The van der Waals surface area contributed by atoms with E-state index in [0.717, 1.165) is 6.07 Å². The maximum absolute atomic E-state index is 11.8. The number of nitrogens with zero attached hydrogens (tertiary/aromatic N) is 1. The topological polar surface area (TPSA) is 119 Å². The molecule has 0 aliphatic heterocycles. The van der Waals surface area contributed by atoms with E-state index in [9.17, 15) is 24.8 Å². The number of carboxylic acids is 1. The zero-order valence-electron chi connectivity index (χ0n) is 12.7. The lowest BCUT2D eigenvalue weighted by Gasteiger charge is -2.28. The number of carbonyl (C=O) groups is 2. The number of non-ortho nitro benzene ring substituents is 1. The number of alkyl carbamates (subject to hydrolysis) is 1. The lowest BCUT2D eigenvalue weighted by atomic mass is 9.92. The summed E-state index contributed by atoms with van der Waals surface area (Å²) >= 11 is 0. The van der Waals surface area contributed by atoms with Crippen molar-refractivity contribution >= 4 is 17.7 Å². The molecule has 120 valence electrons. The van der Waals surface area contributed by atoms with Crippen LogP contribution in [0.5, 0.6) is 0 Å². The average molecular weight is 310 g/mol. The number of rotatable bonds is 4. The van der Waals surface area contributed by atoms with Gasteiger partial charge in [-0.3, -0.25) is 10.1 Å². The van der Waals surface area contributed by atoms with Crippen molar-refractivity contribution in [3.63, 3.8) is 0 Å². The van der Waals surface area contributed by atoms with Gasteiger partial charge in [0.15, 0.2) is 5.54 Å². The molecule has 0 aromatic heterocycles. The number of carbonyl (C=O) groups excluding carboxylic acids is 1. The largest absolute Gasteiger partial charge is 0.479 e. The van der Waals surface area contributed by atoms with Crippen LogP contribution in [0.4, 0.5) is 10.5 Å². The minimum absolute atomic E-state index is 0.0695. The van der Waals surface area contributed by atoms with Crippen LogP contribution in [0.3, 0.4) is 0 Å². The summed E-state index contributed by atoms with van der Waals surface area (Å²) in [6.45, 7) is 6.15. The van der Waals surface area contributed by atoms with Gasteiger partial charge in [-0.05, 0) is 33.3 Å². The zero-order valence-corrected chi connectivity index (χ0v) is 12.7. The summed E-state index contributed by atoms with van der Waals surface area (Å²) in [7, 11) is 0. The maximum Gasteiger partial charge on any atom is 0.408 e. The SMILES string of the molecule is CC(C)(C)OC(=O)N[C@](C)(C(=O)O)c1cccc([N+](=O)[O-])c1. The van der Waals surface area contributed by atoms with Crippen LogP contribution in [0.15, 0.2) is 24.3 Å². The van der Waals surface area contributed by atoms with Crippen molar-refractivity contribution in [2.24, 2.45) is 0 Å². The van der Waals surface area contributed by atoms with E-state index in [1.165, 1.54) is 25.1 Å². The van der Waals surface area contributed by atoms with Gasteiger partial charge in [0, 0.05) is 12.1 Å². The Balaban J connectivity index is 3.16. The summed E-state index contributed by atoms with van der Waals surface area (Å²) in [4.78, 5) is 33.6. The first kappa shape index (κ1) is 17.4. The standard InChI is InChI=1S/C14H18N2O6/c1-13(2,3)22-12(19)15-14(4,11(17)18)9-6-5-7-10(8-9)16(20)21/h5-8H,1-4H3,(H,15,19)(H,17,18)/t14-/m0/s1. The first-order chi connectivity index (χ1) is 9.95. The Morgan fingerprint density at radius 3 is 2.32 bits per heavy atom. The number of hydrogen-bond acceptors (Lipinski definition) is 5. The van der Waals surface area contributed by atoms with Gasteiger partial charge in [-0.2, -0.15) is 0 Å². The van der Waals surface area contributed by atoms with Gasteiger partial charge in [-0.15, -0.1) is 0 Å². The molecule has 1 aromatic rings. The van der Waals surface area contributed by atoms with Crippen molar-refractivity contribution in [1.82, 2.24) is 5.32 Å². The molecule has 0 saturated heterocycles. The Morgan fingerprint density at radius 1 is 1.27 bits per heavy atom. The maximum atomic E-state index is 11.8. The van der Waals surface area contributed by atoms with E-state index >= 15 is 0 Å². The molecule has 0 radical (unpaired) electrons. The summed E-state index contributed by atoms with van der Waals surface area (Å²) in [6, 6.07) is 5.08. The molecule has 0 bridgehead atoms. The molecule has 8 nitrogen and oxygen atoms in total. The second kappa shape index (κ2) is 6.00. The third-order valence-electron chi connectivity index (χ3n) is 2.81. The molecule has 0 heterocycles. The fourth-order valence-electron chi connectivity index (χ4n) is 1.69. The number of benzene rings is 1. The van der Waals surface area contributed by atoms with E-state index in [-0.39, 0.29) is 11.3 Å². The van der Waals surface area contributed by atoms with Gasteiger partial charge in [-0.25, -0.2) is 9.59 Å². The number of carboxylic acid groups (broad SMARTS) is 1. The molecule has 1 amide bonds. The van der Waals surface area contributed by atoms with E-state index in [1.807, 2.05) is 0 Å². The van der Waals surface area contributed by atoms with Crippen molar-refractivity contribution in [3.05, 3.63) is 39.9 Å². The summed E-state index contributed by atoms with van der Waals surface area (Å²) < 4.78 is 5.04. The van der Waals surface area contributed by atoms with Crippen molar-refractivity contribution in [3.8, 4) is 0 Å². The molecule has 0 fully saturated rings. The highest BCUT2D eigenvalue weighted by atomic mass is 16.6.